The predicted octanol–water partition coefficient (Wildman–Crippen LogP) is 3.58. The van der Waals surface area contributed by atoms with Gasteiger partial charge in [-0.2, -0.15) is 0 Å². The summed E-state index contributed by atoms with van der Waals surface area (Å²) < 4.78 is 0. The topological polar surface area (TPSA) is 55.1 Å². The van der Waals surface area contributed by atoms with E-state index in [0.717, 1.165) is 5.69 Å². The molecule has 0 radical (unpaired) electrons. The van der Waals surface area contributed by atoms with Crippen LogP contribution in [0.15, 0.2) is 42.5 Å². The lowest BCUT2D eigenvalue weighted by molar-refractivity contribution is 0.100. The summed E-state index contributed by atoms with van der Waals surface area (Å²) in [7, 11) is 0. The average molecular weight is 268 g/mol. The average Bonchev–Trinajstić information content (AvgIpc) is 2.42. The highest BCUT2D eigenvalue weighted by Crippen LogP contribution is 2.22. The fourth-order valence-electron chi connectivity index (χ4n) is 2.13. The summed E-state index contributed by atoms with van der Waals surface area (Å²) >= 11 is 0. The van der Waals surface area contributed by atoms with Crippen LogP contribution in [0.5, 0.6) is 0 Å². The molecule has 0 aliphatic rings. The van der Waals surface area contributed by atoms with E-state index in [4.69, 9.17) is 5.73 Å². The number of nitrogens with one attached hydrogen (secondary N) is 1. The third-order valence-electron chi connectivity index (χ3n) is 3.56. The molecule has 3 heteroatoms. The van der Waals surface area contributed by atoms with Crippen molar-refractivity contribution in [2.75, 3.05) is 5.32 Å². The molecular formula is C17H20N2O. The summed E-state index contributed by atoms with van der Waals surface area (Å²) in [4.78, 5) is 11.2. The molecule has 2 rings (SSSR count). The quantitative estimate of drug-likeness (QED) is 0.890. The fraction of sp³-hybridized carbons (Fsp3) is 0.235. The summed E-state index contributed by atoms with van der Waals surface area (Å²) in [5.41, 5.74) is 10.5. The van der Waals surface area contributed by atoms with Crippen LogP contribution in [0.25, 0.3) is 0 Å². The van der Waals surface area contributed by atoms with Crippen molar-refractivity contribution in [1.29, 1.82) is 0 Å². The van der Waals surface area contributed by atoms with Crippen molar-refractivity contribution in [2.24, 2.45) is 5.73 Å². The molecule has 2 aromatic rings. The Balaban J connectivity index is 2.18. The van der Waals surface area contributed by atoms with Gasteiger partial charge in [-0.05, 0) is 55.7 Å². The molecule has 0 aliphatic heterocycles. The molecule has 0 saturated carbocycles. The van der Waals surface area contributed by atoms with Crippen molar-refractivity contribution >= 4 is 11.6 Å². The Morgan fingerprint density at radius 3 is 2.50 bits per heavy atom. The molecule has 0 aliphatic carbocycles. The summed E-state index contributed by atoms with van der Waals surface area (Å²) in [5, 5.41) is 3.39. The van der Waals surface area contributed by atoms with Crippen molar-refractivity contribution in [3.63, 3.8) is 0 Å². The van der Waals surface area contributed by atoms with Crippen LogP contribution in [0.2, 0.25) is 0 Å². The van der Waals surface area contributed by atoms with E-state index in [2.05, 4.69) is 44.3 Å². The van der Waals surface area contributed by atoms with Crippen LogP contribution in [-0.4, -0.2) is 5.91 Å². The fourth-order valence-corrected chi connectivity index (χ4v) is 2.13. The maximum atomic E-state index is 11.2. The van der Waals surface area contributed by atoms with E-state index in [-0.39, 0.29) is 6.04 Å². The van der Waals surface area contributed by atoms with Gasteiger partial charge in [-0.1, -0.05) is 24.3 Å². The van der Waals surface area contributed by atoms with Crippen molar-refractivity contribution < 1.29 is 4.79 Å². The second-order valence-corrected chi connectivity index (χ2v) is 5.15. The molecule has 0 bridgehead atoms. The molecule has 2 aromatic carbocycles. The first-order chi connectivity index (χ1) is 9.47. The van der Waals surface area contributed by atoms with E-state index < -0.39 is 5.91 Å². The molecule has 0 fully saturated rings. The normalized spacial score (nSPS) is 11.9. The number of carbonyl (C=O) groups excluding carboxylic acids is 1. The van der Waals surface area contributed by atoms with Crippen LogP contribution in [-0.2, 0) is 0 Å². The second kappa shape index (κ2) is 5.78. The van der Waals surface area contributed by atoms with Crippen LogP contribution >= 0.6 is 0 Å². The first-order valence-corrected chi connectivity index (χ1v) is 6.71. The molecule has 3 N–H and O–H groups in total. The van der Waals surface area contributed by atoms with E-state index in [1.54, 1.807) is 12.1 Å². The number of hydrogen-bond acceptors (Lipinski definition) is 2. The number of primary amides is 1. The molecule has 1 amide bonds. The van der Waals surface area contributed by atoms with E-state index >= 15 is 0 Å². The summed E-state index contributed by atoms with van der Waals surface area (Å²) in [5.74, 6) is -0.410. The van der Waals surface area contributed by atoms with Crippen LogP contribution in [0.1, 0.15) is 40.0 Å². The highest BCUT2D eigenvalue weighted by Gasteiger charge is 2.08. The molecule has 0 spiro atoms. The van der Waals surface area contributed by atoms with Gasteiger partial charge >= 0.3 is 0 Å². The number of carbonyl (C=O) groups is 1. The number of benzene rings is 2. The van der Waals surface area contributed by atoms with Crippen LogP contribution in [0.4, 0.5) is 5.69 Å². The molecule has 0 heterocycles. The monoisotopic (exact) mass is 268 g/mol. The molecule has 3 nitrogen and oxygen atoms in total. The minimum absolute atomic E-state index is 0.164. The Kier molecular flexibility index (Phi) is 4.08. The second-order valence-electron chi connectivity index (χ2n) is 5.15. The van der Waals surface area contributed by atoms with Crippen molar-refractivity contribution in [3.05, 3.63) is 64.7 Å². The highest BCUT2D eigenvalue weighted by molar-refractivity contribution is 5.93. The molecular weight excluding hydrogens is 248 g/mol. The number of aryl methyl sites for hydroxylation is 2. The Morgan fingerprint density at radius 1 is 1.10 bits per heavy atom. The Bertz CT molecular complexity index is 635. The maximum Gasteiger partial charge on any atom is 0.248 e. The Morgan fingerprint density at radius 2 is 1.85 bits per heavy atom. The van der Waals surface area contributed by atoms with Gasteiger partial charge in [-0.15, -0.1) is 0 Å². The molecule has 0 aromatic heterocycles. The van der Waals surface area contributed by atoms with Gasteiger partial charge in [0, 0.05) is 17.3 Å². The van der Waals surface area contributed by atoms with Gasteiger partial charge in [0.05, 0.1) is 0 Å². The first-order valence-electron chi connectivity index (χ1n) is 6.71. The van der Waals surface area contributed by atoms with E-state index in [0.29, 0.717) is 5.56 Å². The van der Waals surface area contributed by atoms with Crippen LogP contribution in [0.3, 0.4) is 0 Å². The zero-order valence-electron chi connectivity index (χ0n) is 12.1. The Labute approximate surface area is 119 Å². The van der Waals surface area contributed by atoms with Crippen LogP contribution in [0, 0.1) is 13.8 Å². The molecule has 1 unspecified atom stereocenters. The summed E-state index contributed by atoms with van der Waals surface area (Å²) in [6.45, 7) is 6.31. The van der Waals surface area contributed by atoms with Gasteiger partial charge < -0.3 is 11.1 Å². The largest absolute Gasteiger partial charge is 0.379 e. The maximum absolute atomic E-state index is 11.2. The van der Waals surface area contributed by atoms with Gasteiger partial charge in [0.2, 0.25) is 5.91 Å². The highest BCUT2D eigenvalue weighted by atomic mass is 16.1. The van der Waals surface area contributed by atoms with E-state index in [1.165, 1.54) is 16.7 Å². The van der Waals surface area contributed by atoms with Gasteiger partial charge in [0.15, 0.2) is 0 Å². The zero-order chi connectivity index (χ0) is 14.7. The number of rotatable bonds is 4. The Hall–Kier alpha value is -2.29. The molecule has 0 saturated heterocycles. The molecule has 104 valence electrons. The third-order valence-corrected chi connectivity index (χ3v) is 3.56. The number of amides is 1. The SMILES string of the molecule is Cc1ccc(C(C)Nc2cccc(C(N)=O)c2)cc1C. The number of anilines is 1. The molecule has 1 atom stereocenters. The van der Waals surface area contributed by atoms with E-state index in [1.807, 2.05) is 12.1 Å². The predicted molar refractivity (Wildman–Crippen MR) is 82.9 cm³/mol. The van der Waals surface area contributed by atoms with Crippen LogP contribution < -0.4 is 11.1 Å². The smallest absolute Gasteiger partial charge is 0.248 e. The third kappa shape index (κ3) is 3.18. The lowest BCUT2D eigenvalue weighted by atomic mass is 10.0. The first kappa shape index (κ1) is 14.1. The van der Waals surface area contributed by atoms with Gasteiger partial charge in [0.1, 0.15) is 0 Å². The number of nitrogens with two attached hydrogens (primary N) is 1. The minimum Gasteiger partial charge on any atom is -0.379 e. The molecule has 20 heavy (non-hydrogen) atoms. The lowest BCUT2D eigenvalue weighted by Gasteiger charge is -2.17. The minimum atomic E-state index is -0.410. The van der Waals surface area contributed by atoms with Crippen molar-refractivity contribution in [1.82, 2.24) is 0 Å². The van der Waals surface area contributed by atoms with Gasteiger partial charge in [-0.3, -0.25) is 4.79 Å². The van der Waals surface area contributed by atoms with Gasteiger partial charge in [0.25, 0.3) is 0 Å². The summed E-state index contributed by atoms with van der Waals surface area (Å²) in [6, 6.07) is 13.9. The van der Waals surface area contributed by atoms with Gasteiger partial charge in [-0.25, -0.2) is 0 Å². The standard InChI is InChI=1S/C17H20N2O/c1-11-7-8-14(9-12(11)2)13(3)19-16-6-4-5-15(10-16)17(18)20/h4-10,13,19H,1-3H3,(H2,18,20). The van der Waals surface area contributed by atoms with Crippen molar-refractivity contribution in [3.8, 4) is 0 Å². The number of hydrogen-bond donors (Lipinski definition) is 2. The van der Waals surface area contributed by atoms with E-state index in [9.17, 15) is 4.79 Å². The van der Waals surface area contributed by atoms with Crippen molar-refractivity contribution in [2.45, 2.75) is 26.8 Å². The summed E-state index contributed by atoms with van der Waals surface area (Å²) in [6.07, 6.45) is 0. The lowest BCUT2D eigenvalue weighted by Crippen LogP contribution is -2.12. The zero-order valence-corrected chi connectivity index (χ0v) is 12.1.